The highest BCUT2D eigenvalue weighted by atomic mass is 35.5. The highest BCUT2D eigenvalue weighted by Gasteiger charge is 2.42. The predicted molar refractivity (Wildman–Crippen MR) is 70.8 cm³/mol. The van der Waals surface area contributed by atoms with Crippen LogP contribution in [0.3, 0.4) is 0 Å². The maximum absolute atomic E-state index is 11.7. The van der Waals surface area contributed by atoms with Crippen LogP contribution < -0.4 is 0 Å². The Hall–Kier alpha value is -0.630. The van der Waals surface area contributed by atoms with Gasteiger partial charge in [-0.05, 0) is 13.3 Å². The molecule has 1 fully saturated rings. The molecule has 0 saturated carbocycles. The Morgan fingerprint density at radius 1 is 1.58 bits per heavy atom. The van der Waals surface area contributed by atoms with E-state index in [1.807, 2.05) is 6.92 Å². The van der Waals surface area contributed by atoms with Crippen molar-refractivity contribution in [3.63, 3.8) is 0 Å². The molecule has 1 atom stereocenters. The molecule has 108 valence electrons. The standard InChI is InChI=1S/C11H17ClN2O4S/c1-11(3-4-19(16,17)7-11)14-10(12)8(5-15)9(13-14)6-18-2/h15H,3-7H2,1-2H3. The lowest BCUT2D eigenvalue weighted by atomic mass is 10.0. The molecule has 1 N–H and O–H groups in total. The second-order valence-electron chi connectivity index (χ2n) is 5.06. The van der Waals surface area contributed by atoms with E-state index < -0.39 is 15.4 Å². The summed E-state index contributed by atoms with van der Waals surface area (Å²) in [6, 6.07) is 0. The Balaban J connectivity index is 2.46. The first-order chi connectivity index (χ1) is 8.83. The van der Waals surface area contributed by atoms with Crippen LogP contribution in [-0.4, -0.2) is 41.9 Å². The van der Waals surface area contributed by atoms with E-state index >= 15 is 0 Å². The number of sulfone groups is 1. The van der Waals surface area contributed by atoms with Crippen molar-refractivity contribution in [2.75, 3.05) is 18.6 Å². The Bertz CT molecular complexity index is 584. The van der Waals surface area contributed by atoms with Crippen LogP contribution in [0.2, 0.25) is 5.15 Å². The van der Waals surface area contributed by atoms with Gasteiger partial charge < -0.3 is 9.84 Å². The molecule has 1 unspecified atom stereocenters. The second kappa shape index (κ2) is 5.05. The van der Waals surface area contributed by atoms with Gasteiger partial charge in [-0.25, -0.2) is 13.1 Å². The van der Waals surface area contributed by atoms with Crippen LogP contribution >= 0.6 is 11.6 Å². The SMILES string of the molecule is COCc1nn(C2(C)CCS(=O)(=O)C2)c(Cl)c1CO. The highest BCUT2D eigenvalue weighted by molar-refractivity contribution is 7.91. The summed E-state index contributed by atoms with van der Waals surface area (Å²) in [5.74, 6) is 0.145. The number of methoxy groups -OCH3 is 1. The Labute approximate surface area is 117 Å². The van der Waals surface area contributed by atoms with E-state index in [-0.39, 0.29) is 29.9 Å². The van der Waals surface area contributed by atoms with Crippen LogP contribution in [0.5, 0.6) is 0 Å². The summed E-state index contributed by atoms with van der Waals surface area (Å²) in [4.78, 5) is 0. The van der Waals surface area contributed by atoms with E-state index in [4.69, 9.17) is 16.3 Å². The maximum atomic E-state index is 11.7. The van der Waals surface area contributed by atoms with Crippen molar-refractivity contribution in [1.29, 1.82) is 0 Å². The normalized spacial score (nSPS) is 25.9. The van der Waals surface area contributed by atoms with Gasteiger partial charge in [0.15, 0.2) is 9.84 Å². The number of halogens is 1. The number of aromatic nitrogens is 2. The number of hydrogen-bond donors (Lipinski definition) is 1. The molecule has 0 bridgehead atoms. The third-order valence-corrected chi connectivity index (χ3v) is 5.71. The molecule has 0 spiro atoms. The molecule has 2 rings (SSSR count). The summed E-state index contributed by atoms with van der Waals surface area (Å²) >= 11 is 6.22. The van der Waals surface area contributed by atoms with E-state index in [0.29, 0.717) is 17.7 Å². The first kappa shape index (κ1) is 14.8. The molecule has 8 heteroatoms. The summed E-state index contributed by atoms with van der Waals surface area (Å²) in [5, 5.41) is 14.0. The van der Waals surface area contributed by atoms with Crippen LogP contribution in [0.4, 0.5) is 0 Å². The van der Waals surface area contributed by atoms with Crippen LogP contribution in [0.25, 0.3) is 0 Å². The largest absolute Gasteiger partial charge is 0.391 e. The molecule has 0 amide bonds. The first-order valence-corrected chi connectivity index (χ1v) is 8.10. The maximum Gasteiger partial charge on any atom is 0.152 e. The third kappa shape index (κ3) is 2.65. The van der Waals surface area contributed by atoms with Crippen LogP contribution in [-0.2, 0) is 33.3 Å². The Morgan fingerprint density at radius 3 is 2.74 bits per heavy atom. The molecule has 0 aromatic carbocycles. The van der Waals surface area contributed by atoms with Gasteiger partial charge in [0.25, 0.3) is 0 Å². The summed E-state index contributed by atoms with van der Waals surface area (Å²) in [5.41, 5.74) is 0.376. The van der Waals surface area contributed by atoms with Crippen molar-refractivity contribution in [2.24, 2.45) is 0 Å². The topological polar surface area (TPSA) is 81.4 Å². The molecule has 1 aromatic rings. The number of rotatable bonds is 4. The average Bonchev–Trinajstić information content (AvgIpc) is 2.78. The molecular weight excluding hydrogens is 292 g/mol. The van der Waals surface area contributed by atoms with E-state index in [1.165, 1.54) is 11.8 Å². The average molecular weight is 309 g/mol. The Morgan fingerprint density at radius 2 is 2.26 bits per heavy atom. The quantitative estimate of drug-likeness (QED) is 0.886. The molecule has 1 aromatic heterocycles. The molecule has 6 nitrogen and oxygen atoms in total. The van der Waals surface area contributed by atoms with Crippen LogP contribution in [0, 0.1) is 0 Å². The van der Waals surface area contributed by atoms with Gasteiger partial charge in [-0.2, -0.15) is 5.10 Å². The minimum Gasteiger partial charge on any atom is -0.391 e. The molecule has 0 aliphatic carbocycles. The monoisotopic (exact) mass is 308 g/mol. The number of hydrogen-bond acceptors (Lipinski definition) is 5. The summed E-state index contributed by atoms with van der Waals surface area (Å²) in [7, 11) is -1.53. The molecule has 1 saturated heterocycles. The van der Waals surface area contributed by atoms with Gasteiger partial charge in [-0.3, -0.25) is 0 Å². The first-order valence-electron chi connectivity index (χ1n) is 5.90. The number of aliphatic hydroxyl groups excluding tert-OH is 1. The number of nitrogens with zero attached hydrogens (tertiary/aromatic N) is 2. The molecular formula is C11H17ClN2O4S. The van der Waals surface area contributed by atoms with E-state index in [2.05, 4.69) is 5.10 Å². The summed E-state index contributed by atoms with van der Waals surface area (Å²) in [6.07, 6.45) is 0.466. The highest BCUT2D eigenvalue weighted by Crippen LogP contribution is 2.35. The van der Waals surface area contributed by atoms with Crippen molar-refractivity contribution >= 4 is 21.4 Å². The predicted octanol–water partition coefficient (Wildman–Crippen LogP) is 0.709. The molecule has 2 heterocycles. The lowest BCUT2D eigenvalue weighted by molar-refractivity contribution is 0.176. The molecule has 1 aliphatic heterocycles. The van der Waals surface area contributed by atoms with Crippen molar-refractivity contribution in [3.05, 3.63) is 16.4 Å². The van der Waals surface area contributed by atoms with Gasteiger partial charge in [0.2, 0.25) is 0 Å². The fraction of sp³-hybridized carbons (Fsp3) is 0.727. The molecule has 1 aliphatic rings. The van der Waals surface area contributed by atoms with Crippen molar-refractivity contribution in [2.45, 2.75) is 32.1 Å². The zero-order valence-corrected chi connectivity index (χ0v) is 12.5. The number of aliphatic hydroxyl groups is 1. The minimum atomic E-state index is -3.05. The third-order valence-electron chi connectivity index (χ3n) is 3.44. The van der Waals surface area contributed by atoms with Gasteiger partial charge in [-0.1, -0.05) is 11.6 Å². The fourth-order valence-electron chi connectivity index (χ4n) is 2.40. The molecule has 0 radical (unpaired) electrons. The summed E-state index contributed by atoms with van der Waals surface area (Å²) < 4.78 is 29.8. The van der Waals surface area contributed by atoms with Crippen molar-refractivity contribution in [3.8, 4) is 0 Å². The van der Waals surface area contributed by atoms with E-state index in [1.54, 1.807) is 0 Å². The van der Waals surface area contributed by atoms with Crippen molar-refractivity contribution in [1.82, 2.24) is 9.78 Å². The van der Waals surface area contributed by atoms with E-state index in [9.17, 15) is 13.5 Å². The van der Waals surface area contributed by atoms with Crippen LogP contribution in [0.15, 0.2) is 0 Å². The van der Waals surface area contributed by atoms with Crippen molar-refractivity contribution < 1.29 is 18.3 Å². The number of ether oxygens (including phenoxy) is 1. The lowest BCUT2D eigenvalue weighted by Crippen LogP contribution is -2.32. The summed E-state index contributed by atoms with van der Waals surface area (Å²) in [6.45, 7) is 1.79. The van der Waals surface area contributed by atoms with E-state index in [0.717, 1.165) is 0 Å². The van der Waals surface area contributed by atoms with Gasteiger partial charge in [0.1, 0.15) is 5.15 Å². The fourth-order valence-corrected chi connectivity index (χ4v) is 4.92. The minimum absolute atomic E-state index is 0.0126. The van der Waals surface area contributed by atoms with Gasteiger partial charge in [0.05, 0.1) is 36.0 Å². The zero-order valence-electron chi connectivity index (χ0n) is 10.9. The van der Waals surface area contributed by atoms with Gasteiger partial charge >= 0.3 is 0 Å². The zero-order chi connectivity index (χ0) is 14.3. The smallest absolute Gasteiger partial charge is 0.152 e. The lowest BCUT2D eigenvalue weighted by Gasteiger charge is -2.23. The second-order valence-corrected chi connectivity index (χ2v) is 7.60. The van der Waals surface area contributed by atoms with Gasteiger partial charge in [0, 0.05) is 12.7 Å². The van der Waals surface area contributed by atoms with Gasteiger partial charge in [-0.15, -0.1) is 0 Å². The van der Waals surface area contributed by atoms with Crippen LogP contribution in [0.1, 0.15) is 24.6 Å². The Kier molecular flexibility index (Phi) is 3.92. The molecule has 19 heavy (non-hydrogen) atoms.